The number of carbonyl (C=O) groups is 2. The summed E-state index contributed by atoms with van der Waals surface area (Å²) in [5.41, 5.74) is 1.36. The first-order chi connectivity index (χ1) is 10.6. The molecule has 6 heteroatoms. The van der Waals surface area contributed by atoms with Gasteiger partial charge in [-0.2, -0.15) is 5.10 Å². The van der Waals surface area contributed by atoms with E-state index in [-0.39, 0.29) is 12.5 Å². The number of amides is 1. The lowest BCUT2D eigenvalue weighted by Gasteiger charge is -2.30. The van der Waals surface area contributed by atoms with Crippen LogP contribution in [0.25, 0.3) is 5.69 Å². The van der Waals surface area contributed by atoms with E-state index in [0.717, 1.165) is 12.1 Å². The highest BCUT2D eigenvalue weighted by molar-refractivity contribution is 5.95. The molecule has 0 saturated carbocycles. The molecule has 0 bridgehead atoms. The first-order valence-corrected chi connectivity index (χ1v) is 7.27. The van der Waals surface area contributed by atoms with Crippen molar-refractivity contribution in [1.29, 1.82) is 0 Å². The van der Waals surface area contributed by atoms with E-state index in [1.807, 2.05) is 24.4 Å². The van der Waals surface area contributed by atoms with Crippen molar-refractivity contribution in [2.75, 3.05) is 13.1 Å². The van der Waals surface area contributed by atoms with Gasteiger partial charge in [-0.1, -0.05) is 6.07 Å². The summed E-state index contributed by atoms with van der Waals surface area (Å²) in [6.45, 7) is 0.884. The van der Waals surface area contributed by atoms with E-state index in [0.29, 0.717) is 18.5 Å². The fourth-order valence-corrected chi connectivity index (χ4v) is 2.75. The number of carbonyl (C=O) groups excluding carboxylic acids is 1. The van der Waals surface area contributed by atoms with E-state index in [1.165, 1.54) is 0 Å². The van der Waals surface area contributed by atoms with Crippen LogP contribution in [0.3, 0.4) is 0 Å². The van der Waals surface area contributed by atoms with Gasteiger partial charge in [-0.3, -0.25) is 9.59 Å². The number of piperidine rings is 1. The molecule has 1 saturated heterocycles. The Morgan fingerprint density at radius 1 is 1.27 bits per heavy atom. The first-order valence-electron chi connectivity index (χ1n) is 7.27. The van der Waals surface area contributed by atoms with Gasteiger partial charge < -0.3 is 10.0 Å². The highest BCUT2D eigenvalue weighted by atomic mass is 16.4. The molecule has 1 aliphatic rings. The SMILES string of the molecule is O=C(O)C1CCCN(C(=O)c2cccc(-n3cccn3)c2)C1. The van der Waals surface area contributed by atoms with Crippen LogP contribution in [0, 0.1) is 5.92 Å². The monoisotopic (exact) mass is 299 g/mol. The number of benzene rings is 1. The quantitative estimate of drug-likeness (QED) is 0.938. The number of nitrogens with zero attached hydrogens (tertiary/aromatic N) is 3. The van der Waals surface area contributed by atoms with E-state index in [9.17, 15) is 9.59 Å². The fourth-order valence-electron chi connectivity index (χ4n) is 2.75. The number of hydrogen-bond acceptors (Lipinski definition) is 3. The number of aromatic nitrogens is 2. The third-order valence-electron chi connectivity index (χ3n) is 3.92. The molecular formula is C16H17N3O3. The Bertz CT molecular complexity index is 682. The highest BCUT2D eigenvalue weighted by Gasteiger charge is 2.28. The van der Waals surface area contributed by atoms with Gasteiger partial charge in [0, 0.05) is 31.0 Å². The lowest BCUT2D eigenvalue weighted by molar-refractivity contribution is -0.143. The van der Waals surface area contributed by atoms with E-state index in [1.54, 1.807) is 27.9 Å². The summed E-state index contributed by atoms with van der Waals surface area (Å²) in [5, 5.41) is 13.3. The molecular weight excluding hydrogens is 282 g/mol. The van der Waals surface area contributed by atoms with Gasteiger partial charge in [0.05, 0.1) is 11.6 Å². The Morgan fingerprint density at radius 3 is 2.86 bits per heavy atom. The summed E-state index contributed by atoms with van der Waals surface area (Å²) in [7, 11) is 0. The standard InChI is InChI=1S/C16H17N3O3/c20-15(18-8-2-5-13(11-18)16(21)22)12-4-1-6-14(10-12)19-9-3-7-17-19/h1,3-4,6-7,9-10,13H,2,5,8,11H2,(H,21,22). The summed E-state index contributed by atoms with van der Waals surface area (Å²) < 4.78 is 1.69. The van der Waals surface area contributed by atoms with Gasteiger partial charge in [-0.15, -0.1) is 0 Å². The molecule has 114 valence electrons. The van der Waals surface area contributed by atoms with Crippen molar-refractivity contribution < 1.29 is 14.7 Å². The fraction of sp³-hybridized carbons (Fsp3) is 0.312. The van der Waals surface area contributed by atoms with Crippen LogP contribution in [0.5, 0.6) is 0 Å². The Balaban J connectivity index is 1.80. The maximum Gasteiger partial charge on any atom is 0.308 e. The molecule has 1 atom stereocenters. The van der Waals surface area contributed by atoms with Gasteiger partial charge in [-0.25, -0.2) is 4.68 Å². The Labute approximate surface area is 128 Å². The maximum atomic E-state index is 12.6. The van der Waals surface area contributed by atoms with Gasteiger partial charge in [0.15, 0.2) is 0 Å². The van der Waals surface area contributed by atoms with Gasteiger partial charge >= 0.3 is 5.97 Å². The topological polar surface area (TPSA) is 75.4 Å². The zero-order valence-corrected chi connectivity index (χ0v) is 12.1. The molecule has 1 aromatic carbocycles. The van der Waals surface area contributed by atoms with Crippen LogP contribution in [-0.4, -0.2) is 44.8 Å². The zero-order valence-electron chi connectivity index (χ0n) is 12.1. The summed E-state index contributed by atoms with van der Waals surface area (Å²) in [4.78, 5) is 25.3. The lowest BCUT2D eigenvalue weighted by atomic mass is 9.97. The van der Waals surface area contributed by atoms with Crippen LogP contribution >= 0.6 is 0 Å². The van der Waals surface area contributed by atoms with Crippen molar-refractivity contribution in [2.24, 2.45) is 5.92 Å². The third-order valence-corrected chi connectivity index (χ3v) is 3.92. The van der Waals surface area contributed by atoms with Gasteiger partial charge in [0.1, 0.15) is 0 Å². The summed E-state index contributed by atoms with van der Waals surface area (Å²) >= 11 is 0. The van der Waals surface area contributed by atoms with Crippen molar-refractivity contribution in [1.82, 2.24) is 14.7 Å². The van der Waals surface area contributed by atoms with Crippen molar-refractivity contribution >= 4 is 11.9 Å². The van der Waals surface area contributed by atoms with Gasteiger partial charge in [-0.05, 0) is 37.1 Å². The summed E-state index contributed by atoms with van der Waals surface area (Å²) in [6, 6.07) is 9.03. The Morgan fingerprint density at radius 2 is 2.14 bits per heavy atom. The van der Waals surface area contributed by atoms with Crippen molar-refractivity contribution in [3.05, 3.63) is 48.3 Å². The molecule has 0 aliphatic carbocycles. The molecule has 0 radical (unpaired) electrons. The number of likely N-dealkylation sites (tertiary alicyclic amines) is 1. The molecule has 1 N–H and O–H groups in total. The first kappa shape index (κ1) is 14.3. The molecule has 6 nitrogen and oxygen atoms in total. The smallest absolute Gasteiger partial charge is 0.308 e. The minimum Gasteiger partial charge on any atom is -0.481 e. The number of carboxylic acids is 1. The molecule has 1 amide bonds. The van der Waals surface area contributed by atoms with E-state index in [2.05, 4.69) is 5.10 Å². The van der Waals surface area contributed by atoms with Crippen LogP contribution in [0.4, 0.5) is 0 Å². The van der Waals surface area contributed by atoms with Crippen LogP contribution in [0.2, 0.25) is 0 Å². The Kier molecular flexibility index (Phi) is 3.91. The maximum absolute atomic E-state index is 12.6. The van der Waals surface area contributed by atoms with Crippen molar-refractivity contribution in [2.45, 2.75) is 12.8 Å². The van der Waals surface area contributed by atoms with Crippen molar-refractivity contribution in [3.63, 3.8) is 0 Å². The second-order valence-electron chi connectivity index (χ2n) is 5.43. The normalized spacial score (nSPS) is 18.2. The molecule has 0 spiro atoms. The molecule has 1 fully saturated rings. The van der Waals surface area contributed by atoms with E-state index in [4.69, 9.17) is 5.11 Å². The third kappa shape index (κ3) is 2.86. The highest BCUT2D eigenvalue weighted by Crippen LogP contribution is 2.19. The van der Waals surface area contributed by atoms with Crippen LogP contribution < -0.4 is 0 Å². The molecule has 1 aliphatic heterocycles. The summed E-state index contributed by atoms with van der Waals surface area (Å²) in [5.74, 6) is -1.42. The lowest BCUT2D eigenvalue weighted by Crippen LogP contribution is -2.42. The van der Waals surface area contributed by atoms with Gasteiger partial charge in [0.25, 0.3) is 5.91 Å². The molecule has 2 aromatic rings. The zero-order chi connectivity index (χ0) is 15.5. The van der Waals surface area contributed by atoms with Crippen LogP contribution in [0.15, 0.2) is 42.7 Å². The predicted molar refractivity (Wildman–Crippen MR) is 79.8 cm³/mol. The number of carboxylic acid groups (broad SMARTS) is 1. The number of rotatable bonds is 3. The molecule has 22 heavy (non-hydrogen) atoms. The van der Waals surface area contributed by atoms with Crippen molar-refractivity contribution in [3.8, 4) is 5.69 Å². The Hall–Kier alpha value is -2.63. The average Bonchev–Trinajstić information content (AvgIpc) is 3.09. The minimum absolute atomic E-state index is 0.125. The minimum atomic E-state index is -0.831. The predicted octanol–water partition coefficient (Wildman–Crippen LogP) is 1.81. The largest absolute Gasteiger partial charge is 0.481 e. The van der Waals surface area contributed by atoms with Crippen LogP contribution in [0.1, 0.15) is 23.2 Å². The number of hydrogen-bond donors (Lipinski definition) is 1. The van der Waals surface area contributed by atoms with Gasteiger partial charge in [0.2, 0.25) is 0 Å². The molecule has 3 rings (SSSR count). The summed E-state index contributed by atoms with van der Waals surface area (Å²) in [6.07, 6.45) is 4.84. The molecule has 1 unspecified atom stereocenters. The van der Waals surface area contributed by atoms with E-state index < -0.39 is 11.9 Å². The second-order valence-corrected chi connectivity index (χ2v) is 5.43. The second kappa shape index (κ2) is 6.01. The number of aliphatic carboxylic acids is 1. The van der Waals surface area contributed by atoms with Crippen LogP contribution in [-0.2, 0) is 4.79 Å². The molecule has 1 aromatic heterocycles. The average molecular weight is 299 g/mol. The molecule has 2 heterocycles. The van der Waals surface area contributed by atoms with E-state index >= 15 is 0 Å².